The number of aryl methyl sites for hydroxylation is 2. The third kappa shape index (κ3) is 3.65. The molecule has 0 bridgehead atoms. The maximum absolute atomic E-state index is 12.4. The molecule has 1 fully saturated rings. The molecule has 0 atom stereocenters. The van der Waals surface area contributed by atoms with Gasteiger partial charge in [0.15, 0.2) is 0 Å². The summed E-state index contributed by atoms with van der Waals surface area (Å²) in [4.78, 5) is 30.0. The van der Waals surface area contributed by atoms with Gasteiger partial charge in [-0.15, -0.1) is 0 Å². The van der Waals surface area contributed by atoms with Crippen molar-refractivity contribution in [2.45, 2.75) is 32.7 Å². The molecule has 0 spiro atoms. The molecule has 0 radical (unpaired) electrons. The highest BCUT2D eigenvalue weighted by Gasteiger charge is 2.24. The number of aromatic nitrogens is 1. The Kier molecular flexibility index (Phi) is 4.74. The van der Waals surface area contributed by atoms with Crippen LogP contribution < -0.4 is 16.0 Å². The number of hydrogen-bond acceptors (Lipinski definition) is 5. The predicted octanol–water partition coefficient (Wildman–Crippen LogP) is 1.79. The van der Waals surface area contributed by atoms with Crippen molar-refractivity contribution in [3.63, 3.8) is 0 Å². The fraction of sp³-hybridized carbons (Fsp3) is 0.389. The van der Waals surface area contributed by atoms with E-state index in [0.717, 1.165) is 37.4 Å². The molecule has 132 valence electrons. The number of amides is 2. The van der Waals surface area contributed by atoms with E-state index in [1.165, 1.54) is 6.20 Å². The van der Waals surface area contributed by atoms with E-state index in [1.54, 1.807) is 25.3 Å². The van der Waals surface area contributed by atoms with Crippen molar-refractivity contribution in [3.05, 3.63) is 47.2 Å². The number of primary amides is 1. The van der Waals surface area contributed by atoms with Crippen LogP contribution >= 0.6 is 0 Å². The normalized spacial score (nSPS) is 15.2. The highest BCUT2D eigenvalue weighted by Crippen LogP contribution is 2.23. The van der Waals surface area contributed by atoms with Gasteiger partial charge in [-0.25, -0.2) is 0 Å². The predicted molar refractivity (Wildman–Crippen MR) is 93.6 cm³/mol. The molecule has 0 unspecified atom stereocenters. The molecule has 25 heavy (non-hydrogen) atoms. The Morgan fingerprint density at radius 1 is 1.28 bits per heavy atom. The Hall–Kier alpha value is -2.83. The fourth-order valence-electron chi connectivity index (χ4n) is 3.24. The zero-order valence-corrected chi connectivity index (χ0v) is 14.4. The molecule has 3 rings (SSSR count). The molecule has 2 amide bonds. The second-order valence-corrected chi connectivity index (χ2v) is 6.32. The molecule has 1 aliphatic heterocycles. The van der Waals surface area contributed by atoms with Crippen LogP contribution in [-0.4, -0.2) is 35.9 Å². The van der Waals surface area contributed by atoms with Crippen LogP contribution in [0.3, 0.4) is 0 Å². The van der Waals surface area contributed by atoms with E-state index in [1.807, 2.05) is 6.92 Å². The van der Waals surface area contributed by atoms with Gasteiger partial charge in [0.05, 0.1) is 16.8 Å². The first-order valence-electron chi connectivity index (χ1n) is 8.32. The van der Waals surface area contributed by atoms with E-state index in [4.69, 9.17) is 10.2 Å². The fourth-order valence-corrected chi connectivity index (χ4v) is 3.24. The van der Waals surface area contributed by atoms with E-state index < -0.39 is 5.91 Å². The van der Waals surface area contributed by atoms with Crippen molar-refractivity contribution in [1.82, 2.24) is 10.3 Å². The molecule has 7 nitrogen and oxygen atoms in total. The average Bonchev–Trinajstić information content (AvgIpc) is 2.94. The lowest BCUT2D eigenvalue weighted by Gasteiger charge is -2.34. The molecular formula is C18H22N4O3. The van der Waals surface area contributed by atoms with E-state index in [0.29, 0.717) is 16.9 Å². The van der Waals surface area contributed by atoms with Crippen molar-refractivity contribution < 1.29 is 14.0 Å². The molecule has 1 saturated heterocycles. The number of hydrogen-bond donors (Lipinski definition) is 2. The highest BCUT2D eigenvalue weighted by atomic mass is 16.3. The minimum atomic E-state index is -0.482. The standard InChI is InChI=1S/C18H22N4O3/c1-11-9-14(12(2)25-11)18(24)21-13-4-7-22(8-5-13)16-3-6-20-10-15(16)17(19)23/h3,6,9-10,13H,4-5,7-8H2,1-2H3,(H2,19,23)(H,21,24). The summed E-state index contributed by atoms with van der Waals surface area (Å²) in [7, 11) is 0. The molecule has 7 heteroatoms. The summed E-state index contributed by atoms with van der Waals surface area (Å²) in [5.41, 5.74) is 7.24. The van der Waals surface area contributed by atoms with Crippen LogP contribution in [-0.2, 0) is 0 Å². The van der Waals surface area contributed by atoms with Gasteiger partial charge in [0.2, 0.25) is 0 Å². The lowest BCUT2D eigenvalue weighted by Crippen LogP contribution is -2.45. The topological polar surface area (TPSA) is 101 Å². The van der Waals surface area contributed by atoms with Crippen LogP contribution in [0.1, 0.15) is 45.1 Å². The summed E-state index contributed by atoms with van der Waals surface area (Å²) < 4.78 is 5.42. The molecule has 2 aromatic heterocycles. The van der Waals surface area contributed by atoms with Crippen LogP contribution in [0, 0.1) is 13.8 Å². The van der Waals surface area contributed by atoms with Gasteiger partial charge < -0.3 is 20.4 Å². The summed E-state index contributed by atoms with van der Waals surface area (Å²) in [6, 6.07) is 3.66. The lowest BCUT2D eigenvalue weighted by molar-refractivity contribution is 0.0929. The van der Waals surface area contributed by atoms with Crippen LogP contribution in [0.15, 0.2) is 28.9 Å². The zero-order valence-electron chi connectivity index (χ0n) is 14.4. The summed E-state index contributed by atoms with van der Waals surface area (Å²) in [5.74, 6) is 0.781. The Morgan fingerprint density at radius 3 is 2.60 bits per heavy atom. The Morgan fingerprint density at radius 2 is 2.00 bits per heavy atom. The molecule has 0 saturated carbocycles. The number of piperidine rings is 1. The van der Waals surface area contributed by atoms with Crippen LogP contribution in [0.2, 0.25) is 0 Å². The minimum absolute atomic E-state index is 0.0946. The first kappa shape index (κ1) is 17.0. The van der Waals surface area contributed by atoms with Gasteiger partial charge in [0, 0.05) is 31.5 Å². The number of nitrogens with two attached hydrogens (primary N) is 1. The number of anilines is 1. The second-order valence-electron chi connectivity index (χ2n) is 6.32. The molecule has 1 aliphatic rings. The van der Waals surface area contributed by atoms with E-state index >= 15 is 0 Å². The third-order valence-corrected chi connectivity index (χ3v) is 4.52. The van der Waals surface area contributed by atoms with Gasteiger partial charge in [-0.1, -0.05) is 0 Å². The number of carbonyl (C=O) groups excluding carboxylic acids is 2. The number of pyridine rings is 1. The van der Waals surface area contributed by atoms with Gasteiger partial charge in [-0.05, 0) is 38.8 Å². The second kappa shape index (κ2) is 6.96. The van der Waals surface area contributed by atoms with Crippen molar-refractivity contribution >= 4 is 17.5 Å². The van der Waals surface area contributed by atoms with Crippen LogP contribution in [0.25, 0.3) is 0 Å². The molecular weight excluding hydrogens is 320 g/mol. The third-order valence-electron chi connectivity index (χ3n) is 4.52. The SMILES string of the molecule is Cc1cc(C(=O)NC2CCN(c3ccncc3C(N)=O)CC2)c(C)o1. The first-order valence-corrected chi connectivity index (χ1v) is 8.32. The molecule has 3 N–H and O–H groups in total. The monoisotopic (exact) mass is 342 g/mol. The summed E-state index contributed by atoms with van der Waals surface area (Å²) >= 11 is 0. The van der Waals surface area contributed by atoms with E-state index in [9.17, 15) is 9.59 Å². The number of carbonyl (C=O) groups is 2. The van der Waals surface area contributed by atoms with Gasteiger partial charge in [-0.2, -0.15) is 0 Å². The Labute approximate surface area is 146 Å². The van der Waals surface area contributed by atoms with Crippen molar-refractivity contribution in [2.24, 2.45) is 5.73 Å². The smallest absolute Gasteiger partial charge is 0.255 e. The maximum atomic E-state index is 12.4. The molecule has 0 aromatic carbocycles. The Balaban J connectivity index is 1.62. The summed E-state index contributed by atoms with van der Waals surface area (Å²) in [6.45, 7) is 5.09. The number of nitrogens with zero attached hydrogens (tertiary/aromatic N) is 2. The zero-order chi connectivity index (χ0) is 18.0. The maximum Gasteiger partial charge on any atom is 0.255 e. The van der Waals surface area contributed by atoms with Crippen molar-refractivity contribution in [1.29, 1.82) is 0 Å². The minimum Gasteiger partial charge on any atom is -0.466 e. The molecule has 2 aromatic rings. The molecule has 0 aliphatic carbocycles. The van der Waals surface area contributed by atoms with Crippen molar-refractivity contribution in [2.75, 3.05) is 18.0 Å². The van der Waals surface area contributed by atoms with Gasteiger partial charge in [-0.3, -0.25) is 14.6 Å². The number of nitrogens with one attached hydrogen (secondary N) is 1. The van der Waals surface area contributed by atoms with Gasteiger partial charge in [0.25, 0.3) is 11.8 Å². The van der Waals surface area contributed by atoms with E-state index in [2.05, 4.69) is 15.2 Å². The van der Waals surface area contributed by atoms with Crippen LogP contribution in [0.4, 0.5) is 5.69 Å². The first-order chi connectivity index (χ1) is 12.0. The number of rotatable bonds is 4. The van der Waals surface area contributed by atoms with Gasteiger partial charge >= 0.3 is 0 Å². The van der Waals surface area contributed by atoms with Crippen LogP contribution in [0.5, 0.6) is 0 Å². The average molecular weight is 342 g/mol. The Bertz CT molecular complexity index is 791. The summed E-state index contributed by atoms with van der Waals surface area (Å²) in [5, 5.41) is 3.07. The highest BCUT2D eigenvalue weighted by molar-refractivity contribution is 5.98. The van der Waals surface area contributed by atoms with E-state index in [-0.39, 0.29) is 11.9 Å². The van der Waals surface area contributed by atoms with Crippen molar-refractivity contribution in [3.8, 4) is 0 Å². The number of furan rings is 1. The largest absolute Gasteiger partial charge is 0.466 e. The lowest BCUT2D eigenvalue weighted by atomic mass is 10.0. The molecule has 3 heterocycles. The quantitative estimate of drug-likeness (QED) is 0.882. The van der Waals surface area contributed by atoms with Gasteiger partial charge in [0.1, 0.15) is 11.5 Å². The summed E-state index contributed by atoms with van der Waals surface area (Å²) in [6.07, 6.45) is 4.74.